The first-order valence-corrected chi connectivity index (χ1v) is 9.12. The van der Waals surface area contributed by atoms with E-state index in [-0.39, 0.29) is 17.5 Å². The van der Waals surface area contributed by atoms with Crippen molar-refractivity contribution in [1.82, 2.24) is 10.9 Å². The zero-order valence-electron chi connectivity index (χ0n) is 15.6. The van der Waals surface area contributed by atoms with E-state index in [0.29, 0.717) is 5.76 Å². The van der Waals surface area contributed by atoms with E-state index in [1.807, 2.05) is 56.3 Å². The molecule has 0 aliphatic heterocycles. The number of hydrogen-bond acceptors (Lipinski definition) is 4. The number of hydrogen-bond donors (Lipinski definition) is 3. The first-order chi connectivity index (χ1) is 13.5. The van der Waals surface area contributed by atoms with E-state index in [1.165, 1.54) is 0 Å². The number of carbonyl (C=O) groups excluding carboxylic acids is 1. The standard InChI is InChI=1S/C21H21N3O3S/c1-14-10-15(2)12-16(11-14)22-21(28)24-23-20(25)19-9-8-18(27-19)13-26-17-6-4-3-5-7-17/h3-12H,13H2,1-2H3,(H,23,25)(H2,22,24,28). The van der Waals surface area contributed by atoms with Gasteiger partial charge in [0.1, 0.15) is 18.1 Å². The van der Waals surface area contributed by atoms with E-state index in [9.17, 15) is 4.79 Å². The molecular formula is C21H21N3O3S. The molecule has 144 valence electrons. The molecule has 3 aromatic rings. The minimum atomic E-state index is -0.435. The third-order valence-corrected chi connectivity index (χ3v) is 3.98. The maximum Gasteiger partial charge on any atom is 0.305 e. The van der Waals surface area contributed by atoms with E-state index in [0.717, 1.165) is 22.6 Å². The third-order valence-electron chi connectivity index (χ3n) is 3.78. The summed E-state index contributed by atoms with van der Waals surface area (Å²) in [5.41, 5.74) is 8.26. The van der Waals surface area contributed by atoms with E-state index < -0.39 is 5.91 Å². The van der Waals surface area contributed by atoms with Gasteiger partial charge in [-0.25, -0.2) is 0 Å². The molecule has 1 heterocycles. The molecule has 7 heteroatoms. The Hall–Kier alpha value is -3.32. The van der Waals surface area contributed by atoms with Crippen molar-refractivity contribution < 1.29 is 13.9 Å². The molecule has 0 aliphatic carbocycles. The van der Waals surface area contributed by atoms with Crippen molar-refractivity contribution in [2.24, 2.45) is 0 Å². The second-order valence-corrected chi connectivity index (χ2v) is 6.69. The van der Waals surface area contributed by atoms with Crippen LogP contribution in [0.5, 0.6) is 5.75 Å². The predicted molar refractivity (Wildman–Crippen MR) is 112 cm³/mol. The Morgan fingerprint density at radius 3 is 2.43 bits per heavy atom. The molecule has 0 spiro atoms. The Kier molecular flexibility index (Phi) is 6.29. The molecule has 0 aliphatic rings. The van der Waals surface area contributed by atoms with Crippen LogP contribution in [0.15, 0.2) is 65.1 Å². The van der Waals surface area contributed by atoms with Crippen LogP contribution in [0.2, 0.25) is 0 Å². The van der Waals surface area contributed by atoms with E-state index in [4.69, 9.17) is 21.4 Å². The van der Waals surface area contributed by atoms with Gasteiger partial charge in [0.15, 0.2) is 10.9 Å². The van der Waals surface area contributed by atoms with Crippen molar-refractivity contribution in [2.75, 3.05) is 5.32 Å². The number of hydrazine groups is 1. The number of anilines is 1. The third kappa shape index (κ3) is 5.59. The van der Waals surface area contributed by atoms with Crippen LogP contribution >= 0.6 is 12.2 Å². The smallest absolute Gasteiger partial charge is 0.305 e. The summed E-state index contributed by atoms with van der Waals surface area (Å²) in [4.78, 5) is 12.2. The highest BCUT2D eigenvalue weighted by atomic mass is 32.1. The van der Waals surface area contributed by atoms with Gasteiger partial charge in [0.2, 0.25) is 0 Å². The Bertz CT molecular complexity index is 950. The van der Waals surface area contributed by atoms with Crippen LogP contribution in [0, 0.1) is 13.8 Å². The molecule has 1 aromatic heterocycles. The monoisotopic (exact) mass is 395 g/mol. The van der Waals surface area contributed by atoms with Crippen LogP contribution in [0.25, 0.3) is 0 Å². The number of furan rings is 1. The summed E-state index contributed by atoms with van der Waals surface area (Å²) >= 11 is 5.20. The van der Waals surface area contributed by atoms with Gasteiger partial charge < -0.3 is 14.5 Å². The highest BCUT2D eigenvalue weighted by molar-refractivity contribution is 7.80. The maximum atomic E-state index is 12.2. The highest BCUT2D eigenvalue weighted by Crippen LogP contribution is 2.15. The van der Waals surface area contributed by atoms with Gasteiger partial charge in [0.05, 0.1) is 0 Å². The lowest BCUT2D eigenvalue weighted by molar-refractivity contribution is 0.0912. The van der Waals surface area contributed by atoms with Crippen molar-refractivity contribution in [2.45, 2.75) is 20.5 Å². The topological polar surface area (TPSA) is 75.5 Å². The minimum absolute atomic E-state index is 0.161. The molecule has 0 fully saturated rings. The van der Waals surface area contributed by atoms with Gasteiger partial charge in [-0.15, -0.1) is 0 Å². The van der Waals surface area contributed by atoms with Crippen LogP contribution in [0.4, 0.5) is 5.69 Å². The summed E-state index contributed by atoms with van der Waals surface area (Å²) in [5.74, 6) is 1.00. The van der Waals surface area contributed by atoms with Crippen molar-refractivity contribution in [3.05, 3.63) is 83.3 Å². The second kappa shape index (κ2) is 9.05. The molecule has 0 atom stereocenters. The van der Waals surface area contributed by atoms with Crippen LogP contribution < -0.4 is 20.9 Å². The lowest BCUT2D eigenvalue weighted by Crippen LogP contribution is -2.43. The predicted octanol–water partition coefficient (Wildman–Crippen LogP) is 4.11. The number of amides is 1. The number of thiocarbonyl (C=S) groups is 1. The van der Waals surface area contributed by atoms with Crippen molar-refractivity contribution in [3.63, 3.8) is 0 Å². The quantitative estimate of drug-likeness (QED) is 0.446. The van der Waals surface area contributed by atoms with Crippen LogP contribution in [-0.4, -0.2) is 11.0 Å². The summed E-state index contributed by atoms with van der Waals surface area (Å²) in [6, 6.07) is 18.7. The SMILES string of the molecule is Cc1cc(C)cc(NC(=S)NNC(=O)c2ccc(COc3ccccc3)o2)c1. The fourth-order valence-electron chi connectivity index (χ4n) is 2.63. The van der Waals surface area contributed by atoms with Crippen molar-refractivity contribution in [1.29, 1.82) is 0 Å². The summed E-state index contributed by atoms with van der Waals surface area (Å²) in [7, 11) is 0. The molecule has 0 unspecified atom stereocenters. The molecule has 3 N–H and O–H groups in total. The molecule has 28 heavy (non-hydrogen) atoms. The fourth-order valence-corrected chi connectivity index (χ4v) is 2.80. The molecule has 2 aromatic carbocycles. The Morgan fingerprint density at radius 2 is 1.71 bits per heavy atom. The molecular weight excluding hydrogens is 374 g/mol. The Balaban J connectivity index is 1.48. The maximum absolute atomic E-state index is 12.2. The summed E-state index contributed by atoms with van der Waals surface area (Å²) in [5, 5.41) is 3.30. The minimum Gasteiger partial charge on any atom is -0.486 e. The van der Waals surface area contributed by atoms with Crippen LogP contribution in [0.1, 0.15) is 27.4 Å². The largest absolute Gasteiger partial charge is 0.486 e. The van der Waals surface area contributed by atoms with Crippen LogP contribution in [-0.2, 0) is 6.61 Å². The Labute approximate surface area is 168 Å². The summed E-state index contributed by atoms with van der Waals surface area (Å²) in [6.07, 6.45) is 0. The number of aryl methyl sites for hydroxylation is 2. The Morgan fingerprint density at radius 1 is 1.00 bits per heavy atom. The number of ether oxygens (including phenoxy) is 1. The van der Waals surface area contributed by atoms with Crippen molar-refractivity contribution >= 4 is 28.9 Å². The summed E-state index contributed by atoms with van der Waals surface area (Å²) in [6.45, 7) is 4.25. The van der Waals surface area contributed by atoms with Gasteiger partial charge in [-0.2, -0.15) is 0 Å². The number of rotatable bonds is 5. The van der Waals surface area contributed by atoms with Gasteiger partial charge in [-0.3, -0.25) is 15.6 Å². The number of nitrogens with one attached hydrogen (secondary N) is 3. The van der Waals surface area contributed by atoms with E-state index >= 15 is 0 Å². The van der Waals surface area contributed by atoms with Gasteiger partial charge in [0, 0.05) is 5.69 Å². The first-order valence-electron chi connectivity index (χ1n) is 8.72. The van der Waals surface area contributed by atoms with Gasteiger partial charge in [-0.1, -0.05) is 24.3 Å². The average Bonchev–Trinajstić information content (AvgIpc) is 3.13. The van der Waals surface area contributed by atoms with Crippen LogP contribution in [0.3, 0.4) is 0 Å². The lowest BCUT2D eigenvalue weighted by Gasteiger charge is -2.12. The molecule has 0 saturated heterocycles. The number of benzene rings is 2. The number of carbonyl (C=O) groups is 1. The van der Waals surface area contributed by atoms with Gasteiger partial charge >= 0.3 is 5.91 Å². The lowest BCUT2D eigenvalue weighted by atomic mass is 10.1. The highest BCUT2D eigenvalue weighted by Gasteiger charge is 2.12. The van der Waals surface area contributed by atoms with E-state index in [1.54, 1.807) is 12.1 Å². The molecule has 6 nitrogen and oxygen atoms in total. The molecule has 0 saturated carbocycles. The van der Waals surface area contributed by atoms with Gasteiger partial charge in [-0.05, 0) is 73.6 Å². The molecule has 0 bridgehead atoms. The van der Waals surface area contributed by atoms with E-state index in [2.05, 4.69) is 22.2 Å². The zero-order valence-corrected chi connectivity index (χ0v) is 16.4. The zero-order chi connectivity index (χ0) is 19.9. The molecule has 0 radical (unpaired) electrons. The average molecular weight is 395 g/mol. The fraction of sp³-hybridized carbons (Fsp3) is 0.143. The van der Waals surface area contributed by atoms with Crippen molar-refractivity contribution in [3.8, 4) is 5.75 Å². The number of para-hydroxylation sites is 1. The second-order valence-electron chi connectivity index (χ2n) is 6.28. The summed E-state index contributed by atoms with van der Waals surface area (Å²) < 4.78 is 11.1. The molecule has 3 rings (SSSR count). The van der Waals surface area contributed by atoms with Gasteiger partial charge in [0.25, 0.3) is 0 Å². The first kappa shape index (κ1) is 19.4. The molecule has 1 amide bonds. The normalized spacial score (nSPS) is 10.2.